The number of thioether (sulfide) groups is 1. The van der Waals surface area contributed by atoms with E-state index in [1.165, 1.54) is 40.7 Å². The van der Waals surface area contributed by atoms with Gasteiger partial charge in [0.15, 0.2) is 5.16 Å². The Balaban J connectivity index is 1.70. The fraction of sp³-hybridized carbons (Fsp3) is 0.267. The molecule has 1 N–H and O–H groups in total. The van der Waals surface area contributed by atoms with E-state index in [9.17, 15) is 22.8 Å². The van der Waals surface area contributed by atoms with Crippen LogP contribution in [0.5, 0.6) is 0 Å². The summed E-state index contributed by atoms with van der Waals surface area (Å²) in [6, 6.07) is 5.56. The number of carbonyl (C=O) groups is 1. The zero-order valence-corrected chi connectivity index (χ0v) is 13.0. The third kappa shape index (κ3) is 3.45. The van der Waals surface area contributed by atoms with Crippen molar-refractivity contribution in [2.24, 2.45) is 5.92 Å². The second-order valence-corrected chi connectivity index (χ2v) is 6.24. The van der Waals surface area contributed by atoms with Gasteiger partial charge >= 0.3 is 6.18 Å². The number of hydrogen-bond donors (Lipinski definition) is 1. The Labute approximate surface area is 138 Å². The van der Waals surface area contributed by atoms with E-state index in [4.69, 9.17) is 0 Å². The number of anilines is 1. The van der Waals surface area contributed by atoms with E-state index >= 15 is 0 Å². The van der Waals surface area contributed by atoms with Gasteiger partial charge in [-0.1, -0.05) is 11.8 Å². The highest BCUT2D eigenvalue weighted by molar-refractivity contribution is 7.99. The highest BCUT2D eigenvalue weighted by Crippen LogP contribution is 2.30. The number of rotatable bonds is 2. The molecule has 1 aromatic carbocycles. The molecule has 0 spiro atoms. The number of nitrogens with one attached hydrogen (secondary N) is 1. The first kappa shape index (κ1) is 16.6. The molecule has 24 heavy (non-hydrogen) atoms. The van der Waals surface area contributed by atoms with Crippen molar-refractivity contribution in [2.45, 2.75) is 17.9 Å². The number of halogens is 3. The number of carbonyl (C=O) groups excluding carboxylic acids is 1. The average Bonchev–Trinajstić information content (AvgIpc) is 2.54. The summed E-state index contributed by atoms with van der Waals surface area (Å²) in [4.78, 5) is 28.2. The van der Waals surface area contributed by atoms with E-state index in [0.29, 0.717) is 10.9 Å². The molecule has 126 valence electrons. The number of hydrogen-bond acceptors (Lipinski definition) is 4. The van der Waals surface area contributed by atoms with Crippen molar-refractivity contribution in [1.29, 1.82) is 0 Å². The number of nitrogens with zero attached hydrogens (tertiary/aromatic N) is 2. The van der Waals surface area contributed by atoms with Crippen molar-refractivity contribution in [3.8, 4) is 0 Å². The van der Waals surface area contributed by atoms with Crippen LogP contribution < -0.4 is 10.9 Å². The summed E-state index contributed by atoms with van der Waals surface area (Å²) in [7, 11) is 0. The van der Waals surface area contributed by atoms with Gasteiger partial charge < -0.3 is 5.32 Å². The molecule has 2 aromatic rings. The van der Waals surface area contributed by atoms with Crippen LogP contribution in [0.25, 0.3) is 0 Å². The van der Waals surface area contributed by atoms with Gasteiger partial charge in [-0.25, -0.2) is 4.98 Å². The normalized spacial score (nSPS) is 17.2. The predicted octanol–water partition coefficient (Wildman–Crippen LogP) is 2.62. The largest absolute Gasteiger partial charge is 0.416 e. The van der Waals surface area contributed by atoms with E-state index in [1.54, 1.807) is 0 Å². The maximum atomic E-state index is 12.5. The predicted molar refractivity (Wildman–Crippen MR) is 82.8 cm³/mol. The van der Waals surface area contributed by atoms with Gasteiger partial charge in [0.05, 0.1) is 11.5 Å². The van der Waals surface area contributed by atoms with Crippen LogP contribution >= 0.6 is 11.8 Å². The Hall–Kier alpha value is -2.29. The molecule has 5 nitrogen and oxygen atoms in total. The maximum absolute atomic E-state index is 12.5. The molecule has 0 fully saturated rings. The molecule has 1 aromatic heterocycles. The molecule has 0 saturated heterocycles. The molecule has 0 bridgehead atoms. The summed E-state index contributed by atoms with van der Waals surface area (Å²) < 4.78 is 39.0. The van der Waals surface area contributed by atoms with Crippen molar-refractivity contribution in [3.05, 3.63) is 52.4 Å². The Morgan fingerprint density at radius 1 is 1.25 bits per heavy atom. The van der Waals surface area contributed by atoms with Gasteiger partial charge in [-0.3, -0.25) is 14.2 Å². The van der Waals surface area contributed by atoms with Gasteiger partial charge in [0.25, 0.3) is 5.56 Å². The second kappa shape index (κ2) is 6.31. The molecule has 3 rings (SSSR count). The van der Waals surface area contributed by atoms with Gasteiger partial charge in [-0.05, 0) is 24.3 Å². The molecular formula is C15H12F3N3O2S. The summed E-state index contributed by atoms with van der Waals surface area (Å²) in [6.45, 7) is 0.196. The first-order valence-corrected chi connectivity index (χ1v) is 8.00. The van der Waals surface area contributed by atoms with Gasteiger partial charge in [-0.2, -0.15) is 13.2 Å². The highest BCUT2D eigenvalue weighted by Gasteiger charge is 2.30. The van der Waals surface area contributed by atoms with E-state index in [2.05, 4.69) is 10.3 Å². The summed E-state index contributed by atoms with van der Waals surface area (Å²) >= 11 is 1.30. The lowest BCUT2D eigenvalue weighted by atomic mass is 10.1. The SMILES string of the molecule is O=C(Nc1ccc(C(F)(F)F)cc1)C1CSc2nccc(=O)n2C1. The first-order chi connectivity index (χ1) is 11.3. The summed E-state index contributed by atoms with van der Waals surface area (Å²) in [5, 5.41) is 3.14. The van der Waals surface area contributed by atoms with Crippen molar-refractivity contribution in [3.63, 3.8) is 0 Å². The van der Waals surface area contributed by atoms with Crippen LogP contribution in [0, 0.1) is 5.92 Å². The summed E-state index contributed by atoms with van der Waals surface area (Å²) in [5.74, 6) is -0.363. The third-order valence-electron chi connectivity index (χ3n) is 3.57. The molecular weight excluding hydrogens is 343 g/mol. The van der Waals surface area contributed by atoms with Crippen LogP contribution in [0.1, 0.15) is 5.56 Å². The van der Waals surface area contributed by atoms with Crippen molar-refractivity contribution in [1.82, 2.24) is 9.55 Å². The lowest BCUT2D eigenvalue weighted by molar-refractivity contribution is -0.137. The van der Waals surface area contributed by atoms with Crippen LogP contribution in [0.3, 0.4) is 0 Å². The average molecular weight is 355 g/mol. The van der Waals surface area contributed by atoms with Crippen LogP contribution in [0.2, 0.25) is 0 Å². The molecule has 1 aliphatic heterocycles. The molecule has 1 atom stereocenters. The Morgan fingerprint density at radius 2 is 1.96 bits per heavy atom. The Kier molecular flexibility index (Phi) is 4.35. The fourth-order valence-electron chi connectivity index (χ4n) is 2.30. The topological polar surface area (TPSA) is 64.0 Å². The second-order valence-electron chi connectivity index (χ2n) is 5.25. The minimum Gasteiger partial charge on any atom is -0.326 e. The van der Waals surface area contributed by atoms with Gasteiger partial charge in [0.2, 0.25) is 5.91 Å². The zero-order chi connectivity index (χ0) is 17.3. The number of aromatic nitrogens is 2. The van der Waals surface area contributed by atoms with Crippen molar-refractivity contribution < 1.29 is 18.0 Å². The highest BCUT2D eigenvalue weighted by atomic mass is 32.2. The molecule has 0 aliphatic carbocycles. The minimum atomic E-state index is -4.42. The molecule has 0 saturated carbocycles. The van der Waals surface area contributed by atoms with Gasteiger partial charge in [-0.15, -0.1) is 0 Å². The Bertz CT molecular complexity index is 818. The maximum Gasteiger partial charge on any atom is 0.416 e. The number of amides is 1. The van der Waals surface area contributed by atoms with Crippen molar-refractivity contribution in [2.75, 3.05) is 11.1 Å². The van der Waals surface area contributed by atoms with E-state index < -0.39 is 17.7 Å². The van der Waals surface area contributed by atoms with Gasteiger partial charge in [0.1, 0.15) is 0 Å². The molecule has 1 amide bonds. The fourth-order valence-corrected chi connectivity index (χ4v) is 3.36. The number of benzene rings is 1. The Morgan fingerprint density at radius 3 is 2.62 bits per heavy atom. The summed E-state index contributed by atoms with van der Waals surface area (Å²) in [6.07, 6.45) is -3.00. The summed E-state index contributed by atoms with van der Waals surface area (Å²) in [5.41, 5.74) is -0.734. The van der Waals surface area contributed by atoms with E-state index in [0.717, 1.165) is 12.1 Å². The monoisotopic (exact) mass is 355 g/mol. The van der Waals surface area contributed by atoms with E-state index in [1.807, 2.05) is 0 Å². The molecule has 1 aliphatic rings. The van der Waals surface area contributed by atoms with Crippen LogP contribution in [-0.4, -0.2) is 21.2 Å². The van der Waals surface area contributed by atoms with Crippen molar-refractivity contribution >= 4 is 23.4 Å². The quantitative estimate of drug-likeness (QED) is 0.841. The molecule has 2 heterocycles. The van der Waals surface area contributed by atoms with Crippen LogP contribution in [0.15, 0.2) is 46.5 Å². The first-order valence-electron chi connectivity index (χ1n) is 7.01. The van der Waals surface area contributed by atoms with Crippen LogP contribution in [-0.2, 0) is 17.5 Å². The van der Waals surface area contributed by atoms with Gasteiger partial charge in [0, 0.05) is 30.2 Å². The molecule has 0 radical (unpaired) electrons. The van der Waals surface area contributed by atoms with Crippen LogP contribution in [0.4, 0.5) is 18.9 Å². The number of fused-ring (bicyclic) bond motifs is 1. The molecule has 1 unspecified atom stereocenters. The lowest BCUT2D eigenvalue weighted by Crippen LogP contribution is -2.36. The van der Waals surface area contributed by atoms with E-state index in [-0.39, 0.29) is 23.7 Å². The third-order valence-corrected chi connectivity index (χ3v) is 4.72. The smallest absolute Gasteiger partial charge is 0.326 e. The molecule has 9 heteroatoms. The standard InChI is InChI=1S/C15H12F3N3O2S/c16-15(17,18)10-1-3-11(4-2-10)20-13(23)9-7-21-12(22)5-6-19-14(21)24-8-9/h1-6,9H,7-8H2,(H,20,23). The number of alkyl halides is 3. The zero-order valence-electron chi connectivity index (χ0n) is 12.2. The minimum absolute atomic E-state index is 0.196. The lowest BCUT2D eigenvalue weighted by Gasteiger charge is -2.23.